The van der Waals surface area contributed by atoms with Crippen LogP contribution in [-0.4, -0.2) is 56.9 Å². The maximum atomic E-state index is 13.0. The van der Waals surface area contributed by atoms with Crippen LogP contribution in [-0.2, 0) is 22.6 Å². The highest BCUT2D eigenvalue weighted by Crippen LogP contribution is 2.29. The van der Waals surface area contributed by atoms with Gasteiger partial charge in [0.25, 0.3) is 5.91 Å². The number of amides is 1. The molecule has 150 valence electrons. The van der Waals surface area contributed by atoms with Crippen LogP contribution in [0.15, 0.2) is 36.4 Å². The van der Waals surface area contributed by atoms with Crippen LogP contribution >= 0.6 is 0 Å². The van der Waals surface area contributed by atoms with Gasteiger partial charge in [-0.2, -0.15) is 4.52 Å². The number of rotatable bonds is 3. The third kappa shape index (κ3) is 3.33. The first-order valence-corrected chi connectivity index (χ1v) is 9.96. The number of carbonyl (C=O) groups is 1. The molecule has 3 aromatic rings. The molecule has 2 aliphatic rings. The predicted octanol–water partition coefficient (Wildman–Crippen LogP) is 1.98. The fraction of sp³-hybridized carbons (Fsp3) is 0.429. The van der Waals surface area contributed by atoms with Gasteiger partial charge >= 0.3 is 0 Å². The molecule has 0 aliphatic carbocycles. The molecule has 0 spiro atoms. The minimum atomic E-state index is -0.388. The summed E-state index contributed by atoms with van der Waals surface area (Å²) in [6, 6.07) is 11.8. The normalized spacial score (nSPS) is 19.9. The minimum absolute atomic E-state index is 0.0869. The first kappa shape index (κ1) is 18.1. The van der Waals surface area contributed by atoms with E-state index in [-0.39, 0.29) is 17.9 Å². The summed E-state index contributed by atoms with van der Waals surface area (Å²) >= 11 is 0. The summed E-state index contributed by atoms with van der Waals surface area (Å²) < 4.78 is 12.8. The van der Waals surface area contributed by atoms with Gasteiger partial charge in [0, 0.05) is 31.5 Å². The maximum Gasteiger partial charge on any atom is 0.252 e. The van der Waals surface area contributed by atoms with E-state index in [1.165, 1.54) is 11.1 Å². The molecule has 8 nitrogen and oxygen atoms in total. The SMILES string of the molecule is COc1ccc2nnc(C3CCN(C(=O)C4Cc5ccccc5CO4)CC3)n2n1. The Morgan fingerprint density at radius 3 is 2.69 bits per heavy atom. The van der Waals surface area contributed by atoms with Gasteiger partial charge in [-0.15, -0.1) is 15.3 Å². The second kappa shape index (κ2) is 7.44. The molecule has 0 radical (unpaired) electrons. The van der Waals surface area contributed by atoms with Crippen LogP contribution in [0.5, 0.6) is 5.88 Å². The third-order valence-corrected chi connectivity index (χ3v) is 5.88. The van der Waals surface area contributed by atoms with Crippen LogP contribution in [0.2, 0.25) is 0 Å². The average Bonchev–Trinajstić information content (AvgIpc) is 3.21. The van der Waals surface area contributed by atoms with Crippen molar-refractivity contribution in [1.29, 1.82) is 0 Å². The molecule has 0 bridgehead atoms. The van der Waals surface area contributed by atoms with E-state index in [0.29, 0.717) is 37.6 Å². The summed E-state index contributed by atoms with van der Waals surface area (Å²) in [7, 11) is 1.59. The lowest BCUT2D eigenvalue weighted by Gasteiger charge is -2.34. The molecule has 5 rings (SSSR count). The van der Waals surface area contributed by atoms with E-state index in [2.05, 4.69) is 27.4 Å². The molecule has 1 saturated heterocycles. The van der Waals surface area contributed by atoms with Crippen LogP contribution in [0.3, 0.4) is 0 Å². The molecule has 1 amide bonds. The van der Waals surface area contributed by atoms with Crippen LogP contribution < -0.4 is 4.74 Å². The lowest BCUT2D eigenvalue weighted by Crippen LogP contribution is -2.46. The van der Waals surface area contributed by atoms with E-state index in [1.54, 1.807) is 17.7 Å². The van der Waals surface area contributed by atoms with Gasteiger partial charge in [-0.3, -0.25) is 4.79 Å². The number of ether oxygens (including phenoxy) is 2. The minimum Gasteiger partial charge on any atom is -0.480 e. The van der Waals surface area contributed by atoms with Crippen LogP contribution in [0, 0.1) is 0 Å². The van der Waals surface area contributed by atoms with Crippen molar-refractivity contribution < 1.29 is 14.3 Å². The molecule has 4 heterocycles. The van der Waals surface area contributed by atoms with E-state index in [9.17, 15) is 4.79 Å². The zero-order valence-electron chi connectivity index (χ0n) is 16.3. The molecule has 2 aliphatic heterocycles. The van der Waals surface area contributed by atoms with Gasteiger partial charge in [0.1, 0.15) is 6.10 Å². The van der Waals surface area contributed by atoms with Gasteiger partial charge in [0.05, 0.1) is 13.7 Å². The molecule has 0 saturated carbocycles. The van der Waals surface area contributed by atoms with Crippen LogP contribution in [0.4, 0.5) is 0 Å². The summed E-state index contributed by atoms with van der Waals surface area (Å²) in [5.41, 5.74) is 3.09. The number of benzene rings is 1. The second-order valence-corrected chi connectivity index (χ2v) is 7.58. The summed E-state index contributed by atoms with van der Waals surface area (Å²) in [6.07, 6.45) is 1.91. The quantitative estimate of drug-likeness (QED) is 0.677. The van der Waals surface area contributed by atoms with Crippen molar-refractivity contribution in [3.8, 4) is 5.88 Å². The number of likely N-dealkylation sites (tertiary alicyclic amines) is 1. The fourth-order valence-corrected chi connectivity index (χ4v) is 4.22. The van der Waals surface area contributed by atoms with E-state index in [0.717, 1.165) is 18.7 Å². The van der Waals surface area contributed by atoms with Crippen molar-refractivity contribution in [3.63, 3.8) is 0 Å². The Morgan fingerprint density at radius 2 is 1.90 bits per heavy atom. The average molecular weight is 393 g/mol. The molecule has 1 unspecified atom stereocenters. The van der Waals surface area contributed by atoms with Crippen molar-refractivity contribution in [1.82, 2.24) is 24.7 Å². The number of piperidine rings is 1. The molecule has 1 atom stereocenters. The largest absolute Gasteiger partial charge is 0.480 e. The van der Waals surface area contributed by atoms with Crippen molar-refractivity contribution in [2.45, 2.75) is 37.9 Å². The number of nitrogens with zero attached hydrogens (tertiary/aromatic N) is 5. The number of fused-ring (bicyclic) bond motifs is 2. The number of carbonyl (C=O) groups excluding carboxylic acids is 1. The fourth-order valence-electron chi connectivity index (χ4n) is 4.22. The molecule has 2 aromatic heterocycles. The third-order valence-electron chi connectivity index (χ3n) is 5.88. The summed E-state index contributed by atoms with van der Waals surface area (Å²) in [6.45, 7) is 1.87. The van der Waals surface area contributed by atoms with Crippen LogP contribution in [0.1, 0.15) is 35.7 Å². The Morgan fingerprint density at radius 1 is 1.10 bits per heavy atom. The zero-order valence-corrected chi connectivity index (χ0v) is 16.3. The Kier molecular flexibility index (Phi) is 4.63. The smallest absolute Gasteiger partial charge is 0.252 e. The monoisotopic (exact) mass is 393 g/mol. The number of methoxy groups -OCH3 is 1. The second-order valence-electron chi connectivity index (χ2n) is 7.58. The predicted molar refractivity (Wildman–Crippen MR) is 105 cm³/mol. The van der Waals surface area contributed by atoms with Crippen molar-refractivity contribution in [2.24, 2.45) is 0 Å². The van der Waals surface area contributed by atoms with Crippen molar-refractivity contribution in [2.75, 3.05) is 20.2 Å². The Balaban J connectivity index is 1.26. The van der Waals surface area contributed by atoms with Crippen molar-refractivity contribution in [3.05, 3.63) is 53.3 Å². The van der Waals surface area contributed by atoms with E-state index < -0.39 is 0 Å². The summed E-state index contributed by atoms with van der Waals surface area (Å²) in [4.78, 5) is 14.9. The van der Waals surface area contributed by atoms with Gasteiger partial charge in [-0.1, -0.05) is 24.3 Å². The lowest BCUT2D eigenvalue weighted by atomic mass is 9.94. The first-order valence-electron chi connectivity index (χ1n) is 9.96. The Hall–Kier alpha value is -3.00. The summed E-state index contributed by atoms with van der Waals surface area (Å²) in [5, 5.41) is 13.0. The topological polar surface area (TPSA) is 81.9 Å². The van der Waals surface area contributed by atoms with Crippen LogP contribution in [0.25, 0.3) is 5.65 Å². The molecule has 29 heavy (non-hydrogen) atoms. The molecule has 8 heteroatoms. The van der Waals surface area contributed by atoms with Gasteiger partial charge in [-0.05, 0) is 30.0 Å². The standard InChI is InChI=1S/C21H23N5O3/c1-28-19-7-6-18-22-23-20(26(18)24-19)14-8-10-25(11-9-14)21(27)17-12-15-4-2-3-5-16(15)13-29-17/h2-7,14,17H,8-13H2,1H3. The first-order chi connectivity index (χ1) is 14.2. The highest BCUT2D eigenvalue weighted by atomic mass is 16.5. The molecule has 1 fully saturated rings. The number of hydrogen-bond donors (Lipinski definition) is 0. The van der Waals surface area contributed by atoms with E-state index in [4.69, 9.17) is 9.47 Å². The van der Waals surface area contributed by atoms with E-state index in [1.807, 2.05) is 23.1 Å². The Labute approximate surface area is 168 Å². The highest BCUT2D eigenvalue weighted by molar-refractivity contribution is 5.81. The molecule has 1 aromatic carbocycles. The maximum absolute atomic E-state index is 13.0. The van der Waals surface area contributed by atoms with Gasteiger partial charge in [0.2, 0.25) is 5.88 Å². The van der Waals surface area contributed by atoms with Gasteiger partial charge in [-0.25, -0.2) is 0 Å². The molecular weight excluding hydrogens is 370 g/mol. The zero-order chi connectivity index (χ0) is 19.8. The van der Waals surface area contributed by atoms with Gasteiger partial charge in [0.15, 0.2) is 11.5 Å². The summed E-state index contributed by atoms with van der Waals surface area (Å²) in [5.74, 6) is 1.65. The number of hydrogen-bond acceptors (Lipinski definition) is 6. The lowest BCUT2D eigenvalue weighted by molar-refractivity contribution is -0.146. The Bertz CT molecular complexity index is 1040. The number of aromatic nitrogens is 4. The van der Waals surface area contributed by atoms with Gasteiger partial charge < -0.3 is 14.4 Å². The van der Waals surface area contributed by atoms with Crippen molar-refractivity contribution >= 4 is 11.6 Å². The highest BCUT2D eigenvalue weighted by Gasteiger charge is 2.33. The molecular formula is C21H23N5O3. The molecule has 0 N–H and O–H groups in total. The van der Waals surface area contributed by atoms with E-state index >= 15 is 0 Å².